The number of benzene rings is 2. The maximum atomic E-state index is 11.2. The molecule has 0 unspecified atom stereocenters. The first-order valence-corrected chi connectivity index (χ1v) is 9.13. The molecule has 0 spiro atoms. The zero-order valence-corrected chi connectivity index (χ0v) is 16.3. The third-order valence-corrected chi connectivity index (χ3v) is 3.72. The Hall–Kier alpha value is -3.48. The Balaban J connectivity index is 2.21. The lowest BCUT2D eigenvalue weighted by molar-refractivity contribution is -0.139. The molecule has 0 amide bonds. The summed E-state index contributed by atoms with van der Waals surface area (Å²) in [7, 11) is 0. The number of carbonyl (C=O) groups excluding carboxylic acids is 2. The average Bonchev–Trinajstić information content (AvgIpc) is 2.75. The molecule has 0 aliphatic rings. The quantitative estimate of drug-likeness (QED) is 0.307. The van der Waals surface area contributed by atoms with Crippen LogP contribution in [-0.2, 0) is 19.1 Å². The van der Waals surface area contributed by atoms with Gasteiger partial charge in [-0.1, -0.05) is 37.4 Å². The number of hydrogen-bond donors (Lipinski definition) is 0. The summed E-state index contributed by atoms with van der Waals surface area (Å²) in [6.45, 7) is 9.49. The minimum Gasteiger partial charge on any atom is -0.490 e. The molecular weight excluding hydrogens is 376 g/mol. The molecule has 0 saturated heterocycles. The lowest BCUT2D eigenvalue weighted by Gasteiger charge is -2.17. The Morgan fingerprint density at radius 2 is 1.41 bits per heavy atom. The molecule has 0 saturated carbocycles. The number of hydrogen-bond acceptors (Lipinski definition) is 7. The summed E-state index contributed by atoms with van der Waals surface area (Å²) >= 11 is 0. The molecule has 0 fully saturated rings. The fourth-order valence-corrected chi connectivity index (χ4v) is 2.52. The van der Waals surface area contributed by atoms with Crippen LogP contribution in [-0.4, -0.2) is 45.0 Å². The van der Waals surface area contributed by atoms with Crippen molar-refractivity contribution >= 4 is 22.7 Å². The minimum atomic E-state index is -0.510. The molecule has 29 heavy (non-hydrogen) atoms. The van der Waals surface area contributed by atoms with Crippen LogP contribution in [0.3, 0.4) is 0 Å². The van der Waals surface area contributed by atoms with Gasteiger partial charge in [-0.25, -0.2) is 9.59 Å². The van der Waals surface area contributed by atoms with E-state index >= 15 is 0 Å². The molecule has 0 radical (unpaired) electrons. The van der Waals surface area contributed by atoms with E-state index < -0.39 is 11.9 Å². The van der Waals surface area contributed by atoms with E-state index in [0.29, 0.717) is 23.9 Å². The van der Waals surface area contributed by atoms with E-state index in [1.165, 1.54) is 0 Å². The number of fused-ring (bicyclic) bond motifs is 1. The van der Waals surface area contributed by atoms with Gasteiger partial charge < -0.3 is 23.7 Å². The van der Waals surface area contributed by atoms with Crippen molar-refractivity contribution in [3.8, 4) is 17.2 Å². The van der Waals surface area contributed by atoms with Gasteiger partial charge in [0.15, 0.2) is 11.5 Å². The largest absolute Gasteiger partial charge is 0.490 e. The summed E-state index contributed by atoms with van der Waals surface area (Å²) in [5.74, 6) is 0.588. The normalized spacial score (nSPS) is 10.1. The SMILES string of the molecule is C=CC(=O)OCCOc1cc(OCC)c(OCCOC(=O)C=C)c2ccccc12. The predicted octanol–water partition coefficient (Wildman–Crippen LogP) is 3.45. The highest BCUT2D eigenvalue weighted by molar-refractivity contribution is 5.95. The second-order valence-electron chi connectivity index (χ2n) is 5.62. The second-order valence-corrected chi connectivity index (χ2v) is 5.62. The molecule has 0 aliphatic carbocycles. The van der Waals surface area contributed by atoms with Crippen LogP contribution in [0.1, 0.15) is 6.92 Å². The maximum absolute atomic E-state index is 11.2. The van der Waals surface area contributed by atoms with Crippen molar-refractivity contribution in [1.29, 1.82) is 0 Å². The molecule has 0 atom stereocenters. The summed E-state index contributed by atoms with van der Waals surface area (Å²) in [6.07, 6.45) is 2.19. The Bertz CT molecular complexity index is 873. The van der Waals surface area contributed by atoms with Crippen molar-refractivity contribution in [2.75, 3.05) is 33.0 Å². The molecule has 2 aromatic rings. The van der Waals surface area contributed by atoms with Gasteiger partial charge in [0.2, 0.25) is 0 Å². The molecule has 7 heteroatoms. The summed E-state index contributed by atoms with van der Waals surface area (Å²) in [4.78, 5) is 22.3. The highest BCUT2D eigenvalue weighted by Crippen LogP contribution is 2.41. The Morgan fingerprint density at radius 3 is 2.00 bits per heavy atom. The molecule has 2 aromatic carbocycles. The van der Waals surface area contributed by atoms with Gasteiger partial charge in [0.1, 0.15) is 32.2 Å². The van der Waals surface area contributed by atoms with Crippen LogP contribution >= 0.6 is 0 Å². The molecule has 0 heterocycles. The van der Waals surface area contributed by atoms with Crippen LogP contribution in [0.4, 0.5) is 0 Å². The lowest BCUT2D eigenvalue weighted by Crippen LogP contribution is -2.12. The molecule has 0 aromatic heterocycles. The van der Waals surface area contributed by atoms with Gasteiger partial charge in [-0.05, 0) is 6.92 Å². The molecule has 0 bridgehead atoms. The first-order chi connectivity index (χ1) is 14.1. The van der Waals surface area contributed by atoms with Gasteiger partial charge in [-0.3, -0.25) is 0 Å². The fraction of sp³-hybridized carbons (Fsp3) is 0.273. The highest BCUT2D eigenvalue weighted by Gasteiger charge is 2.16. The van der Waals surface area contributed by atoms with Gasteiger partial charge in [0.05, 0.1) is 6.61 Å². The number of esters is 2. The monoisotopic (exact) mass is 400 g/mol. The van der Waals surface area contributed by atoms with E-state index in [1.807, 2.05) is 31.2 Å². The zero-order chi connectivity index (χ0) is 21.1. The van der Waals surface area contributed by atoms with Crippen molar-refractivity contribution in [2.45, 2.75) is 6.92 Å². The Kier molecular flexibility index (Phi) is 8.56. The van der Waals surface area contributed by atoms with Gasteiger partial charge in [0.25, 0.3) is 0 Å². The van der Waals surface area contributed by atoms with Crippen molar-refractivity contribution in [3.05, 3.63) is 55.6 Å². The third kappa shape index (κ3) is 6.27. The molecule has 154 valence electrons. The van der Waals surface area contributed by atoms with E-state index in [0.717, 1.165) is 22.9 Å². The van der Waals surface area contributed by atoms with E-state index in [2.05, 4.69) is 13.2 Å². The van der Waals surface area contributed by atoms with Crippen molar-refractivity contribution < 1.29 is 33.3 Å². The first kappa shape index (κ1) is 21.8. The minimum absolute atomic E-state index is 0.0810. The third-order valence-electron chi connectivity index (χ3n) is 3.72. The van der Waals surface area contributed by atoms with Crippen LogP contribution in [0, 0.1) is 0 Å². The fourth-order valence-electron chi connectivity index (χ4n) is 2.52. The predicted molar refractivity (Wildman–Crippen MR) is 108 cm³/mol. The molecule has 0 aliphatic heterocycles. The maximum Gasteiger partial charge on any atom is 0.330 e. The Morgan fingerprint density at radius 1 is 0.828 bits per heavy atom. The number of ether oxygens (including phenoxy) is 5. The van der Waals surface area contributed by atoms with Crippen molar-refractivity contribution in [3.63, 3.8) is 0 Å². The lowest BCUT2D eigenvalue weighted by atomic mass is 10.1. The topological polar surface area (TPSA) is 80.3 Å². The van der Waals surface area contributed by atoms with Gasteiger partial charge in [-0.2, -0.15) is 0 Å². The molecular formula is C22H24O7. The molecule has 0 N–H and O–H groups in total. The van der Waals surface area contributed by atoms with Crippen LogP contribution in [0.5, 0.6) is 17.2 Å². The van der Waals surface area contributed by atoms with Crippen molar-refractivity contribution in [2.24, 2.45) is 0 Å². The van der Waals surface area contributed by atoms with E-state index in [4.69, 9.17) is 23.7 Å². The number of carbonyl (C=O) groups is 2. The van der Waals surface area contributed by atoms with Crippen LogP contribution in [0.15, 0.2) is 55.6 Å². The first-order valence-electron chi connectivity index (χ1n) is 9.13. The van der Waals surface area contributed by atoms with Gasteiger partial charge in [0, 0.05) is 29.0 Å². The zero-order valence-electron chi connectivity index (χ0n) is 16.3. The highest BCUT2D eigenvalue weighted by atomic mass is 16.6. The standard InChI is InChI=1S/C22H24O7/c1-4-20(23)27-12-11-26-18-15-19(25-6-3)22(17-10-8-7-9-16(17)18)29-14-13-28-21(24)5-2/h4-5,7-10,15H,1-2,6,11-14H2,3H3. The van der Waals surface area contributed by atoms with Crippen molar-refractivity contribution in [1.82, 2.24) is 0 Å². The van der Waals surface area contributed by atoms with Crippen LogP contribution in [0.25, 0.3) is 10.8 Å². The summed E-state index contributed by atoms with van der Waals surface area (Å²) in [5.41, 5.74) is 0. The average molecular weight is 400 g/mol. The van der Waals surface area contributed by atoms with E-state index in [-0.39, 0.29) is 26.4 Å². The summed E-state index contributed by atoms with van der Waals surface area (Å²) in [5, 5.41) is 1.59. The van der Waals surface area contributed by atoms with E-state index in [9.17, 15) is 9.59 Å². The second kappa shape index (κ2) is 11.4. The molecule has 7 nitrogen and oxygen atoms in total. The van der Waals surface area contributed by atoms with E-state index in [1.54, 1.807) is 6.07 Å². The summed E-state index contributed by atoms with van der Waals surface area (Å²) < 4.78 is 27.3. The molecule has 2 rings (SSSR count). The van der Waals surface area contributed by atoms with Gasteiger partial charge >= 0.3 is 11.9 Å². The Labute approximate surface area is 169 Å². The van der Waals surface area contributed by atoms with Crippen LogP contribution in [0.2, 0.25) is 0 Å². The smallest absolute Gasteiger partial charge is 0.330 e. The summed E-state index contributed by atoms with van der Waals surface area (Å²) in [6, 6.07) is 9.25. The number of rotatable bonds is 12. The van der Waals surface area contributed by atoms with Gasteiger partial charge in [-0.15, -0.1) is 0 Å². The van der Waals surface area contributed by atoms with Crippen LogP contribution < -0.4 is 14.2 Å².